The predicted octanol–water partition coefficient (Wildman–Crippen LogP) is 5.29. The van der Waals surface area contributed by atoms with E-state index in [2.05, 4.69) is 0 Å². The Morgan fingerprint density at radius 3 is 1.90 bits per heavy atom. The normalized spacial score (nSPS) is 10.2. The monoisotopic (exact) mass is 264 g/mol. The molecular formula is C18H13FO. The van der Waals surface area contributed by atoms with Crippen molar-refractivity contribution in [3.8, 4) is 22.6 Å². The summed E-state index contributed by atoms with van der Waals surface area (Å²) >= 11 is 0. The van der Waals surface area contributed by atoms with Gasteiger partial charge in [0.25, 0.3) is 0 Å². The molecule has 3 aromatic carbocycles. The summed E-state index contributed by atoms with van der Waals surface area (Å²) in [6.07, 6.45) is 0. The smallest absolute Gasteiger partial charge is 0.131 e. The van der Waals surface area contributed by atoms with Gasteiger partial charge in [0.05, 0.1) is 0 Å². The molecule has 0 N–H and O–H groups in total. The van der Waals surface area contributed by atoms with E-state index in [4.69, 9.17) is 4.74 Å². The second-order valence-electron chi connectivity index (χ2n) is 4.42. The van der Waals surface area contributed by atoms with Crippen molar-refractivity contribution >= 4 is 0 Å². The third-order valence-corrected chi connectivity index (χ3v) is 3.02. The van der Waals surface area contributed by atoms with Crippen molar-refractivity contribution < 1.29 is 9.13 Å². The van der Waals surface area contributed by atoms with Crippen molar-refractivity contribution in [3.05, 3.63) is 84.7 Å². The second kappa shape index (κ2) is 5.57. The summed E-state index contributed by atoms with van der Waals surface area (Å²) in [4.78, 5) is 0. The van der Waals surface area contributed by atoms with Crippen molar-refractivity contribution in [2.45, 2.75) is 0 Å². The number of halogens is 1. The van der Waals surface area contributed by atoms with Crippen molar-refractivity contribution in [3.63, 3.8) is 0 Å². The minimum Gasteiger partial charge on any atom is -0.457 e. The Bertz CT molecular complexity index is 690. The van der Waals surface area contributed by atoms with E-state index in [1.54, 1.807) is 12.1 Å². The molecule has 0 bridgehead atoms. The zero-order valence-electron chi connectivity index (χ0n) is 10.8. The molecule has 0 aliphatic heterocycles. The van der Waals surface area contributed by atoms with E-state index in [1.165, 1.54) is 6.07 Å². The number of para-hydroxylation sites is 1. The fraction of sp³-hybridized carbons (Fsp3) is 0. The van der Waals surface area contributed by atoms with Crippen LogP contribution in [0, 0.1) is 5.82 Å². The minimum atomic E-state index is -0.218. The SMILES string of the molecule is Fc1ccccc1-c1ccc(Oc2ccccc2)cc1. The molecule has 0 atom stereocenters. The number of ether oxygens (including phenoxy) is 1. The minimum absolute atomic E-state index is 0.218. The summed E-state index contributed by atoms with van der Waals surface area (Å²) in [5.74, 6) is 1.30. The lowest BCUT2D eigenvalue weighted by atomic mass is 10.1. The summed E-state index contributed by atoms with van der Waals surface area (Å²) in [5.41, 5.74) is 1.43. The molecule has 0 aliphatic carbocycles. The predicted molar refractivity (Wildman–Crippen MR) is 78.4 cm³/mol. The average Bonchev–Trinajstić information content (AvgIpc) is 2.50. The topological polar surface area (TPSA) is 9.23 Å². The Balaban J connectivity index is 1.83. The molecular weight excluding hydrogens is 251 g/mol. The Morgan fingerprint density at radius 1 is 0.600 bits per heavy atom. The van der Waals surface area contributed by atoms with Crippen LogP contribution in [0.5, 0.6) is 11.5 Å². The molecule has 0 aliphatic rings. The summed E-state index contributed by atoms with van der Waals surface area (Å²) in [5, 5.41) is 0. The average molecular weight is 264 g/mol. The largest absolute Gasteiger partial charge is 0.457 e. The van der Waals surface area contributed by atoms with Crippen molar-refractivity contribution in [2.24, 2.45) is 0 Å². The Labute approximate surface area is 117 Å². The second-order valence-corrected chi connectivity index (χ2v) is 4.42. The highest BCUT2D eigenvalue weighted by molar-refractivity contribution is 5.64. The Morgan fingerprint density at radius 2 is 1.20 bits per heavy atom. The van der Waals surface area contributed by atoms with Crippen LogP contribution in [-0.4, -0.2) is 0 Å². The van der Waals surface area contributed by atoms with Gasteiger partial charge in [-0.2, -0.15) is 0 Å². The maximum Gasteiger partial charge on any atom is 0.131 e. The van der Waals surface area contributed by atoms with Gasteiger partial charge < -0.3 is 4.74 Å². The van der Waals surface area contributed by atoms with E-state index >= 15 is 0 Å². The molecule has 3 aromatic rings. The van der Waals surface area contributed by atoms with Gasteiger partial charge >= 0.3 is 0 Å². The fourth-order valence-electron chi connectivity index (χ4n) is 2.02. The van der Waals surface area contributed by atoms with Crippen LogP contribution in [0.1, 0.15) is 0 Å². The molecule has 1 nitrogen and oxygen atoms in total. The summed E-state index contributed by atoms with van der Waals surface area (Å²) < 4.78 is 19.4. The standard InChI is InChI=1S/C18H13FO/c19-18-9-5-4-8-17(18)14-10-12-16(13-11-14)20-15-6-2-1-3-7-15/h1-13H. The first-order valence-electron chi connectivity index (χ1n) is 6.41. The van der Waals surface area contributed by atoms with Gasteiger partial charge in [0.15, 0.2) is 0 Å². The molecule has 0 fully saturated rings. The van der Waals surface area contributed by atoms with E-state index in [1.807, 2.05) is 60.7 Å². The van der Waals surface area contributed by atoms with Gasteiger partial charge in [-0.15, -0.1) is 0 Å². The van der Waals surface area contributed by atoms with E-state index in [0.29, 0.717) is 5.56 Å². The lowest BCUT2D eigenvalue weighted by Gasteiger charge is -2.07. The molecule has 0 radical (unpaired) electrons. The fourth-order valence-corrected chi connectivity index (χ4v) is 2.02. The highest BCUT2D eigenvalue weighted by Crippen LogP contribution is 2.27. The van der Waals surface area contributed by atoms with Gasteiger partial charge in [0.1, 0.15) is 17.3 Å². The van der Waals surface area contributed by atoms with Crippen LogP contribution in [0.25, 0.3) is 11.1 Å². The van der Waals surface area contributed by atoms with Crippen molar-refractivity contribution in [1.29, 1.82) is 0 Å². The molecule has 0 amide bonds. The molecule has 0 unspecified atom stereocenters. The van der Waals surface area contributed by atoms with Crippen LogP contribution in [0.15, 0.2) is 78.9 Å². The van der Waals surface area contributed by atoms with Crippen LogP contribution < -0.4 is 4.74 Å². The van der Waals surface area contributed by atoms with Crippen molar-refractivity contribution in [1.82, 2.24) is 0 Å². The molecule has 0 spiro atoms. The van der Waals surface area contributed by atoms with Crippen LogP contribution in [-0.2, 0) is 0 Å². The van der Waals surface area contributed by atoms with E-state index in [0.717, 1.165) is 17.1 Å². The molecule has 98 valence electrons. The first kappa shape index (κ1) is 12.4. The van der Waals surface area contributed by atoms with Gasteiger partial charge in [-0.25, -0.2) is 4.39 Å². The Hall–Kier alpha value is -2.61. The Kier molecular flexibility index (Phi) is 3.46. The maximum atomic E-state index is 13.7. The maximum absolute atomic E-state index is 13.7. The summed E-state index contributed by atoms with van der Waals surface area (Å²) in [6, 6.07) is 23.7. The zero-order valence-corrected chi connectivity index (χ0v) is 10.8. The summed E-state index contributed by atoms with van der Waals surface area (Å²) in [6.45, 7) is 0. The molecule has 0 heterocycles. The van der Waals surface area contributed by atoms with Crippen LogP contribution >= 0.6 is 0 Å². The molecule has 2 heteroatoms. The highest BCUT2D eigenvalue weighted by atomic mass is 19.1. The van der Waals surface area contributed by atoms with E-state index < -0.39 is 0 Å². The quantitative estimate of drug-likeness (QED) is 0.625. The third kappa shape index (κ3) is 2.69. The van der Waals surface area contributed by atoms with E-state index in [-0.39, 0.29) is 5.82 Å². The number of benzene rings is 3. The molecule has 20 heavy (non-hydrogen) atoms. The number of rotatable bonds is 3. The lowest BCUT2D eigenvalue weighted by molar-refractivity contribution is 0.483. The lowest BCUT2D eigenvalue weighted by Crippen LogP contribution is -1.86. The van der Waals surface area contributed by atoms with Crippen molar-refractivity contribution in [2.75, 3.05) is 0 Å². The van der Waals surface area contributed by atoms with Crippen LogP contribution in [0.3, 0.4) is 0 Å². The van der Waals surface area contributed by atoms with Crippen LogP contribution in [0.4, 0.5) is 4.39 Å². The van der Waals surface area contributed by atoms with Gasteiger partial charge in [0, 0.05) is 5.56 Å². The van der Waals surface area contributed by atoms with Crippen LogP contribution in [0.2, 0.25) is 0 Å². The van der Waals surface area contributed by atoms with Gasteiger partial charge in [-0.3, -0.25) is 0 Å². The first-order chi connectivity index (χ1) is 9.83. The highest BCUT2D eigenvalue weighted by Gasteiger charge is 2.04. The number of hydrogen-bond donors (Lipinski definition) is 0. The summed E-state index contributed by atoms with van der Waals surface area (Å²) in [7, 11) is 0. The van der Waals surface area contributed by atoms with Gasteiger partial charge in [0.2, 0.25) is 0 Å². The van der Waals surface area contributed by atoms with Gasteiger partial charge in [-0.1, -0.05) is 48.5 Å². The molecule has 0 saturated carbocycles. The van der Waals surface area contributed by atoms with Gasteiger partial charge in [-0.05, 0) is 35.9 Å². The first-order valence-corrected chi connectivity index (χ1v) is 6.41. The third-order valence-electron chi connectivity index (χ3n) is 3.02. The molecule has 3 rings (SSSR count). The molecule has 0 aromatic heterocycles. The molecule has 0 saturated heterocycles. The van der Waals surface area contributed by atoms with E-state index in [9.17, 15) is 4.39 Å². The number of hydrogen-bond acceptors (Lipinski definition) is 1. The zero-order chi connectivity index (χ0) is 13.8.